The average Bonchev–Trinajstić information content (AvgIpc) is 2.44. The molecular weight excluding hydrogens is 262 g/mol. The van der Waals surface area contributed by atoms with Crippen LogP contribution in [0.15, 0.2) is 29.2 Å². The highest BCUT2D eigenvalue weighted by Gasteiger charge is 2.16. The highest BCUT2D eigenvalue weighted by Crippen LogP contribution is 2.25. The van der Waals surface area contributed by atoms with Crippen LogP contribution in [0.2, 0.25) is 0 Å². The molecule has 0 saturated heterocycles. The second kappa shape index (κ2) is 7.03. The molecule has 1 aromatic rings. The van der Waals surface area contributed by atoms with E-state index in [1.54, 1.807) is 25.1 Å². The molecule has 0 aliphatic rings. The summed E-state index contributed by atoms with van der Waals surface area (Å²) in [5.74, 6) is 0.335. The van der Waals surface area contributed by atoms with Crippen LogP contribution in [0.3, 0.4) is 0 Å². The van der Waals surface area contributed by atoms with Gasteiger partial charge in [-0.2, -0.15) is 0 Å². The summed E-state index contributed by atoms with van der Waals surface area (Å²) in [4.78, 5) is 0.368. The van der Waals surface area contributed by atoms with Gasteiger partial charge in [-0.15, -0.1) is 0 Å². The SMILES string of the molecule is CCS(=O)(=O)c1cccc(C(C)CC(CN)CO)c1. The van der Waals surface area contributed by atoms with Crippen molar-refractivity contribution in [1.82, 2.24) is 0 Å². The summed E-state index contributed by atoms with van der Waals surface area (Å²) in [5.41, 5.74) is 6.55. The van der Waals surface area contributed by atoms with E-state index in [4.69, 9.17) is 10.8 Å². The van der Waals surface area contributed by atoms with Gasteiger partial charge in [0.25, 0.3) is 0 Å². The van der Waals surface area contributed by atoms with E-state index >= 15 is 0 Å². The Morgan fingerprint density at radius 2 is 2.05 bits per heavy atom. The Bertz CT molecular complexity index is 495. The molecule has 0 spiro atoms. The molecule has 19 heavy (non-hydrogen) atoms. The summed E-state index contributed by atoms with van der Waals surface area (Å²) >= 11 is 0. The number of rotatable bonds is 7. The second-order valence-electron chi connectivity index (χ2n) is 4.90. The minimum atomic E-state index is -3.17. The molecule has 2 atom stereocenters. The van der Waals surface area contributed by atoms with Gasteiger partial charge in [-0.3, -0.25) is 0 Å². The Balaban J connectivity index is 2.93. The van der Waals surface area contributed by atoms with E-state index < -0.39 is 9.84 Å². The Labute approximate surface area is 115 Å². The van der Waals surface area contributed by atoms with Crippen molar-refractivity contribution >= 4 is 9.84 Å². The topological polar surface area (TPSA) is 80.4 Å². The molecule has 4 nitrogen and oxygen atoms in total. The van der Waals surface area contributed by atoms with Gasteiger partial charge in [0.15, 0.2) is 9.84 Å². The predicted molar refractivity (Wildman–Crippen MR) is 76.8 cm³/mol. The monoisotopic (exact) mass is 285 g/mol. The van der Waals surface area contributed by atoms with Crippen molar-refractivity contribution in [3.8, 4) is 0 Å². The van der Waals surface area contributed by atoms with Gasteiger partial charge in [0.2, 0.25) is 0 Å². The molecule has 5 heteroatoms. The molecule has 0 radical (unpaired) electrons. The van der Waals surface area contributed by atoms with E-state index in [2.05, 4.69) is 0 Å². The van der Waals surface area contributed by atoms with Gasteiger partial charge in [0, 0.05) is 6.61 Å². The Hall–Kier alpha value is -0.910. The molecule has 0 saturated carbocycles. The van der Waals surface area contributed by atoms with Gasteiger partial charge in [0.05, 0.1) is 10.6 Å². The first kappa shape index (κ1) is 16.1. The standard InChI is InChI=1S/C14H23NO3S/c1-3-19(17,18)14-6-4-5-13(8-14)11(2)7-12(9-15)10-16/h4-6,8,11-12,16H,3,7,9-10,15H2,1-2H3. The van der Waals surface area contributed by atoms with Crippen molar-refractivity contribution in [2.24, 2.45) is 11.7 Å². The largest absolute Gasteiger partial charge is 0.396 e. The van der Waals surface area contributed by atoms with Crippen LogP contribution in [0, 0.1) is 5.92 Å². The maximum absolute atomic E-state index is 11.9. The Kier molecular flexibility index (Phi) is 5.97. The smallest absolute Gasteiger partial charge is 0.178 e. The van der Waals surface area contributed by atoms with E-state index in [1.165, 1.54) is 0 Å². The van der Waals surface area contributed by atoms with Crippen LogP contribution in [-0.4, -0.2) is 32.4 Å². The molecule has 0 aliphatic carbocycles. The quantitative estimate of drug-likeness (QED) is 0.796. The summed E-state index contributed by atoms with van der Waals surface area (Å²) < 4.78 is 23.7. The lowest BCUT2D eigenvalue weighted by Gasteiger charge is -2.18. The van der Waals surface area contributed by atoms with Crippen LogP contribution < -0.4 is 5.73 Å². The number of hydrogen-bond acceptors (Lipinski definition) is 4. The van der Waals surface area contributed by atoms with Gasteiger partial charge < -0.3 is 10.8 Å². The summed E-state index contributed by atoms with van der Waals surface area (Å²) in [7, 11) is -3.17. The van der Waals surface area contributed by atoms with E-state index in [0.717, 1.165) is 12.0 Å². The lowest BCUT2D eigenvalue weighted by molar-refractivity contribution is 0.217. The minimum absolute atomic E-state index is 0.0569. The lowest BCUT2D eigenvalue weighted by atomic mass is 9.91. The summed E-state index contributed by atoms with van der Waals surface area (Å²) in [6.45, 7) is 4.17. The van der Waals surface area contributed by atoms with E-state index in [9.17, 15) is 8.42 Å². The van der Waals surface area contributed by atoms with Crippen molar-refractivity contribution in [3.05, 3.63) is 29.8 Å². The number of nitrogens with two attached hydrogens (primary N) is 1. The summed E-state index contributed by atoms with van der Waals surface area (Å²) in [6.07, 6.45) is 0.753. The second-order valence-corrected chi connectivity index (χ2v) is 7.18. The molecule has 2 unspecified atom stereocenters. The van der Waals surface area contributed by atoms with Crippen LogP contribution >= 0.6 is 0 Å². The average molecular weight is 285 g/mol. The maximum atomic E-state index is 11.9. The van der Waals surface area contributed by atoms with Crippen molar-refractivity contribution in [2.75, 3.05) is 18.9 Å². The van der Waals surface area contributed by atoms with E-state index in [-0.39, 0.29) is 24.2 Å². The summed E-state index contributed by atoms with van der Waals surface area (Å²) in [5, 5.41) is 9.17. The molecule has 1 rings (SSSR count). The third-order valence-corrected chi connectivity index (χ3v) is 5.18. The van der Waals surface area contributed by atoms with Crippen molar-refractivity contribution in [1.29, 1.82) is 0 Å². The number of aliphatic hydroxyl groups excluding tert-OH is 1. The highest BCUT2D eigenvalue weighted by molar-refractivity contribution is 7.91. The van der Waals surface area contributed by atoms with Crippen molar-refractivity contribution < 1.29 is 13.5 Å². The summed E-state index contributed by atoms with van der Waals surface area (Å²) in [6, 6.07) is 7.05. The number of benzene rings is 1. The fraction of sp³-hybridized carbons (Fsp3) is 0.571. The zero-order chi connectivity index (χ0) is 14.5. The molecule has 0 aromatic heterocycles. The first-order valence-corrected chi connectivity index (χ1v) is 8.23. The fourth-order valence-corrected chi connectivity index (χ4v) is 3.00. The van der Waals surface area contributed by atoms with Gasteiger partial charge >= 0.3 is 0 Å². The first-order chi connectivity index (χ1) is 8.94. The maximum Gasteiger partial charge on any atom is 0.178 e. The molecule has 0 fully saturated rings. The molecule has 3 N–H and O–H groups in total. The molecule has 1 aromatic carbocycles. The molecule has 0 bridgehead atoms. The van der Waals surface area contributed by atoms with Gasteiger partial charge in [-0.05, 0) is 42.5 Å². The van der Waals surface area contributed by atoms with Crippen molar-refractivity contribution in [2.45, 2.75) is 31.1 Å². The lowest BCUT2D eigenvalue weighted by Crippen LogP contribution is -2.20. The van der Waals surface area contributed by atoms with Crippen LogP contribution in [0.4, 0.5) is 0 Å². The van der Waals surface area contributed by atoms with E-state index in [0.29, 0.717) is 11.4 Å². The predicted octanol–water partition coefficient (Wildman–Crippen LogP) is 1.54. The van der Waals surface area contributed by atoms with Crippen LogP contribution in [-0.2, 0) is 9.84 Å². The normalized spacial score (nSPS) is 15.2. The molecular formula is C14H23NO3S. The molecule has 0 heterocycles. The minimum Gasteiger partial charge on any atom is -0.396 e. The third-order valence-electron chi connectivity index (χ3n) is 3.44. The van der Waals surface area contributed by atoms with Crippen LogP contribution in [0.1, 0.15) is 31.7 Å². The number of sulfone groups is 1. The van der Waals surface area contributed by atoms with Gasteiger partial charge in [-0.1, -0.05) is 26.0 Å². The number of hydrogen-bond donors (Lipinski definition) is 2. The highest BCUT2D eigenvalue weighted by atomic mass is 32.2. The molecule has 0 aliphatic heterocycles. The zero-order valence-corrected chi connectivity index (χ0v) is 12.4. The Morgan fingerprint density at radius 1 is 1.37 bits per heavy atom. The first-order valence-electron chi connectivity index (χ1n) is 6.58. The Morgan fingerprint density at radius 3 is 2.58 bits per heavy atom. The van der Waals surface area contributed by atoms with Crippen LogP contribution in [0.5, 0.6) is 0 Å². The van der Waals surface area contributed by atoms with Gasteiger partial charge in [0.1, 0.15) is 0 Å². The fourth-order valence-electron chi connectivity index (χ4n) is 2.06. The zero-order valence-electron chi connectivity index (χ0n) is 11.5. The van der Waals surface area contributed by atoms with E-state index in [1.807, 2.05) is 13.0 Å². The van der Waals surface area contributed by atoms with Crippen LogP contribution in [0.25, 0.3) is 0 Å². The molecule has 0 amide bonds. The molecule has 108 valence electrons. The van der Waals surface area contributed by atoms with Gasteiger partial charge in [-0.25, -0.2) is 8.42 Å². The van der Waals surface area contributed by atoms with Crippen molar-refractivity contribution in [3.63, 3.8) is 0 Å². The third kappa shape index (κ3) is 4.30. The number of aliphatic hydroxyl groups is 1.